The fraction of sp³-hybridized carbons (Fsp3) is 0.188. The molecule has 0 saturated carbocycles. The van der Waals surface area contributed by atoms with Crippen LogP contribution in [0.15, 0.2) is 36.4 Å². The number of aryl methyl sites for hydroxylation is 2. The van der Waals surface area contributed by atoms with Crippen molar-refractivity contribution in [1.29, 1.82) is 0 Å². The van der Waals surface area contributed by atoms with Crippen molar-refractivity contribution >= 4 is 5.78 Å². The second-order valence-corrected chi connectivity index (χ2v) is 4.57. The fourth-order valence-electron chi connectivity index (χ4n) is 1.83. The van der Waals surface area contributed by atoms with Gasteiger partial charge in [-0.05, 0) is 50.6 Å². The molecule has 0 aromatic heterocycles. The van der Waals surface area contributed by atoms with E-state index in [4.69, 9.17) is 4.74 Å². The highest BCUT2D eigenvalue weighted by Crippen LogP contribution is 2.28. The van der Waals surface area contributed by atoms with Crippen LogP contribution in [0.5, 0.6) is 11.5 Å². The normalized spacial score (nSPS) is 10.3. The summed E-state index contributed by atoms with van der Waals surface area (Å²) in [6.07, 6.45) is 0. The van der Waals surface area contributed by atoms with Crippen molar-refractivity contribution in [3.8, 4) is 11.5 Å². The first-order valence-electron chi connectivity index (χ1n) is 6.03. The lowest BCUT2D eigenvalue weighted by molar-refractivity contribution is 0.101. The van der Waals surface area contributed by atoms with Gasteiger partial charge in [0, 0.05) is 5.56 Å². The molecule has 0 amide bonds. The van der Waals surface area contributed by atoms with E-state index in [0.29, 0.717) is 11.3 Å². The maximum Gasteiger partial charge on any atom is 0.166 e. The Morgan fingerprint density at radius 1 is 1.05 bits per heavy atom. The molecule has 2 rings (SSSR count). The third-order valence-electron chi connectivity index (χ3n) is 2.89. The molecular weight excluding hydrogens is 243 g/mol. The zero-order valence-corrected chi connectivity index (χ0v) is 11.2. The van der Waals surface area contributed by atoms with Gasteiger partial charge >= 0.3 is 0 Å². The minimum Gasteiger partial charge on any atom is -0.454 e. The lowest BCUT2D eigenvalue weighted by Crippen LogP contribution is -1.96. The van der Waals surface area contributed by atoms with Gasteiger partial charge in [-0.15, -0.1) is 0 Å². The van der Waals surface area contributed by atoms with Gasteiger partial charge < -0.3 is 4.74 Å². The predicted octanol–water partition coefficient (Wildman–Crippen LogP) is 4.44. The van der Waals surface area contributed by atoms with Gasteiger partial charge in [0.05, 0.1) is 0 Å². The number of hydrogen-bond acceptors (Lipinski definition) is 2. The zero-order chi connectivity index (χ0) is 14.0. The van der Waals surface area contributed by atoms with Gasteiger partial charge in [0.25, 0.3) is 0 Å². The molecule has 0 saturated heterocycles. The first-order chi connectivity index (χ1) is 8.97. The summed E-state index contributed by atoms with van der Waals surface area (Å²) in [6, 6.07) is 9.92. The minimum atomic E-state index is -0.535. The highest BCUT2D eigenvalue weighted by Gasteiger charge is 2.09. The number of halogens is 1. The lowest BCUT2D eigenvalue weighted by atomic mass is 10.1. The SMILES string of the molecule is CC(=O)c1ccc(Oc2ccc(C)cc2C)c(F)c1. The van der Waals surface area contributed by atoms with Crippen LogP contribution in [0.3, 0.4) is 0 Å². The first-order valence-corrected chi connectivity index (χ1v) is 6.03. The predicted molar refractivity (Wildman–Crippen MR) is 72.4 cm³/mol. The average molecular weight is 258 g/mol. The average Bonchev–Trinajstić information content (AvgIpc) is 2.34. The second-order valence-electron chi connectivity index (χ2n) is 4.57. The summed E-state index contributed by atoms with van der Waals surface area (Å²) < 4.78 is 19.4. The van der Waals surface area contributed by atoms with E-state index in [1.807, 2.05) is 32.0 Å². The highest BCUT2D eigenvalue weighted by atomic mass is 19.1. The van der Waals surface area contributed by atoms with Gasteiger partial charge in [-0.3, -0.25) is 4.79 Å². The zero-order valence-electron chi connectivity index (χ0n) is 11.2. The molecule has 2 aromatic carbocycles. The van der Waals surface area contributed by atoms with E-state index in [1.165, 1.54) is 19.1 Å². The molecule has 2 aromatic rings. The molecule has 0 radical (unpaired) electrons. The maximum absolute atomic E-state index is 13.8. The summed E-state index contributed by atoms with van der Waals surface area (Å²) in [6.45, 7) is 5.29. The molecule has 0 N–H and O–H groups in total. The topological polar surface area (TPSA) is 26.3 Å². The smallest absolute Gasteiger partial charge is 0.166 e. The van der Waals surface area contributed by atoms with Gasteiger partial charge in [0.15, 0.2) is 17.3 Å². The van der Waals surface area contributed by atoms with Crippen LogP contribution in [0.1, 0.15) is 28.4 Å². The molecule has 0 fully saturated rings. The van der Waals surface area contributed by atoms with Crippen molar-refractivity contribution in [1.82, 2.24) is 0 Å². The number of hydrogen-bond donors (Lipinski definition) is 0. The molecule has 0 spiro atoms. The minimum absolute atomic E-state index is 0.122. The molecular formula is C16H15FO2. The quantitative estimate of drug-likeness (QED) is 0.761. The molecule has 2 nitrogen and oxygen atoms in total. The van der Waals surface area contributed by atoms with Crippen LogP contribution < -0.4 is 4.74 Å². The van der Waals surface area contributed by atoms with Crippen LogP contribution in [-0.4, -0.2) is 5.78 Å². The largest absolute Gasteiger partial charge is 0.454 e. The van der Waals surface area contributed by atoms with Crippen LogP contribution in [-0.2, 0) is 0 Å². The van der Waals surface area contributed by atoms with Gasteiger partial charge in [-0.2, -0.15) is 0 Å². The summed E-state index contributed by atoms with van der Waals surface area (Å²) in [5.41, 5.74) is 2.40. The van der Waals surface area contributed by atoms with E-state index in [-0.39, 0.29) is 11.5 Å². The van der Waals surface area contributed by atoms with E-state index in [1.54, 1.807) is 6.07 Å². The summed E-state index contributed by atoms with van der Waals surface area (Å²) in [4.78, 5) is 11.2. The molecule has 0 unspecified atom stereocenters. The Bertz CT molecular complexity index is 633. The van der Waals surface area contributed by atoms with Crippen molar-refractivity contribution in [2.24, 2.45) is 0 Å². The van der Waals surface area contributed by atoms with Gasteiger partial charge in [-0.1, -0.05) is 17.7 Å². The van der Waals surface area contributed by atoms with Gasteiger partial charge in [0.1, 0.15) is 5.75 Å². The summed E-state index contributed by atoms with van der Waals surface area (Å²) in [7, 11) is 0. The number of carbonyl (C=O) groups is 1. The van der Waals surface area contributed by atoms with Crippen LogP contribution in [0.25, 0.3) is 0 Å². The van der Waals surface area contributed by atoms with Crippen LogP contribution in [0.4, 0.5) is 4.39 Å². The molecule has 3 heteroatoms. The van der Waals surface area contributed by atoms with Crippen LogP contribution in [0, 0.1) is 19.7 Å². The number of Topliss-reactive ketones (excluding diaryl/α,β-unsaturated/α-hetero) is 1. The van der Waals surface area contributed by atoms with Gasteiger partial charge in [0.2, 0.25) is 0 Å². The van der Waals surface area contributed by atoms with E-state index in [0.717, 1.165) is 11.1 Å². The van der Waals surface area contributed by atoms with Crippen LogP contribution in [0.2, 0.25) is 0 Å². The Labute approximate surface area is 111 Å². The third-order valence-corrected chi connectivity index (χ3v) is 2.89. The van der Waals surface area contributed by atoms with E-state index >= 15 is 0 Å². The number of carbonyl (C=O) groups excluding carboxylic acids is 1. The summed E-state index contributed by atoms with van der Waals surface area (Å²) >= 11 is 0. The standard InChI is InChI=1S/C16H15FO2/c1-10-4-6-15(11(2)8-10)19-16-7-5-13(12(3)18)9-14(16)17/h4-9H,1-3H3. The van der Waals surface area contributed by atoms with E-state index in [9.17, 15) is 9.18 Å². The Morgan fingerprint density at radius 3 is 2.32 bits per heavy atom. The molecule has 98 valence electrons. The highest BCUT2D eigenvalue weighted by molar-refractivity contribution is 5.94. The molecule has 0 heterocycles. The van der Waals surface area contributed by atoms with Crippen molar-refractivity contribution < 1.29 is 13.9 Å². The van der Waals surface area contributed by atoms with Gasteiger partial charge in [-0.25, -0.2) is 4.39 Å². The number of benzene rings is 2. The first kappa shape index (κ1) is 13.3. The molecule has 0 aliphatic carbocycles. The summed E-state index contributed by atoms with van der Waals surface area (Å²) in [5, 5.41) is 0. The molecule has 19 heavy (non-hydrogen) atoms. The third kappa shape index (κ3) is 2.99. The van der Waals surface area contributed by atoms with Crippen molar-refractivity contribution in [3.05, 3.63) is 58.9 Å². The van der Waals surface area contributed by atoms with Crippen molar-refractivity contribution in [2.45, 2.75) is 20.8 Å². The molecule has 0 aliphatic rings. The number of ether oxygens (including phenoxy) is 1. The fourth-order valence-corrected chi connectivity index (χ4v) is 1.83. The molecule has 0 atom stereocenters. The Kier molecular flexibility index (Phi) is 3.65. The van der Waals surface area contributed by atoms with E-state index < -0.39 is 5.82 Å². The number of ketones is 1. The maximum atomic E-state index is 13.8. The van der Waals surface area contributed by atoms with E-state index in [2.05, 4.69) is 0 Å². The molecule has 0 bridgehead atoms. The Balaban J connectivity index is 2.31. The number of rotatable bonds is 3. The Morgan fingerprint density at radius 2 is 1.74 bits per heavy atom. The van der Waals surface area contributed by atoms with Crippen LogP contribution >= 0.6 is 0 Å². The lowest BCUT2D eigenvalue weighted by Gasteiger charge is -2.10. The van der Waals surface area contributed by atoms with Crippen molar-refractivity contribution in [2.75, 3.05) is 0 Å². The molecule has 0 aliphatic heterocycles. The summed E-state index contributed by atoms with van der Waals surface area (Å²) in [5.74, 6) is 0.0293. The monoisotopic (exact) mass is 258 g/mol. The van der Waals surface area contributed by atoms with Crippen molar-refractivity contribution in [3.63, 3.8) is 0 Å². The second kappa shape index (κ2) is 5.22. The Hall–Kier alpha value is -2.16.